The van der Waals surface area contributed by atoms with Crippen LogP contribution in [-0.2, 0) is 28.4 Å². The zero-order valence-corrected chi connectivity index (χ0v) is 19.3. The van der Waals surface area contributed by atoms with Gasteiger partial charge in [0, 0.05) is 7.11 Å². The lowest BCUT2D eigenvalue weighted by Gasteiger charge is -2.48. The highest BCUT2D eigenvalue weighted by atomic mass is 16.7. The standard InChI is InChI=1S/C20H36O15/c1-6-10(23)13(26)17(7(3-21)31-6)34-20-16(29)14(27)18(8(4-22)32-20)35-19-15(28)12(25)11(24)9(33-19)5-30-2/h6-29H,3-5H2,1-2H3/t6-,7?,8?,9?,10+,11+,12-,13?,14+,15?,16?,17+,18+,19-,20-/m0/s1. The Labute approximate surface area is 200 Å². The number of aliphatic hydroxyl groups is 9. The summed E-state index contributed by atoms with van der Waals surface area (Å²) in [6.07, 6.45) is -21.9. The van der Waals surface area contributed by atoms with Gasteiger partial charge in [-0.1, -0.05) is 0 Å². The van der Waals surface area contributed by atoms with Crippen LogP contribution in [0.25, 0.3) is 0 Å². The van der Waals surface area contributed by atoms with Crippen molar-refractivity contribution >= 4 is 0 Å². The zero-order chi connectivity index (χ0) is 26.0. The maximum atomic E-state index is 10.7. The van der Waals surface area contributed by atoms with Crippen LogP contribution < -0.4 is 0 Å². The van der Waals surface area contributed by atoms with Crippen LogP contribution >= 0.6 is 0 Å². The van der Waals surface area contributed by atoms with E-state index >= 15 is 0 Å². The minimum atomic E-state index is -1.82. The molecule has 0 aromatic rings. The molecule has 6 unspecified atom stereocenters. The topological polar surface area (TPSA) is 237 Å². The molecule has 0 bridgehead atoms. The molecule has 0 amide bonds. The summed E-state index contributed by atoms with van der Waals surface area (Å²) in [5.41, 5.74) is 0. The van der Waals surface area contributed by atoms with Gasteiger partial charge in [-0.05, 0) is 6.92 Å². The van der Waals surface area contributed by atoms with Crippen LogP contribution in [0.4, 0.5) is 0 Å². The lowest BCUT2D eigenvalue weighted by atomic mass is 9.94. The SMILES string of the molecule is COCC1O[C@@H](O[C@@H]2C(CO)O[C@@H](O[C@@H]3C(CO)O[C@@H](C)[C@@H](O)C3O)C(O)[C@H]2O)C(O)[C@@H](O)[C@@H]1O. The predicted molar refractivity (Wildman–Crippen MR) is 109 cm³/mol. The first-order valence-electron chi connectivity index (χ1n) is 11.3. The normalized spacial score (nSPS) is 51.3. The molecule has 0 saturated carbocycles. The highest BCUT2D eigenvalue weighted by Crippen LogP contribution is 2.32. The van der Waals surface area contributed by atoms with Gasteiger partial charge in [0.1, 0.15) is 73.2 Å². The largest absolute Gasteiger partial charge is 0.394 e. The highest BCUT2D eigenvalue weighted by molar-refractivity contribution is 4.96. The van der Waals surface area contributed by atoms with E-state index in [-0.39, 0.29) is 6.61 Å². The summed E-state index contributed by atoms with van der Waals surface area (Å²) < 4.78 is 32.4. The van der Waals surface area contributed by atoms with Crippen molar-refractivity contribution in [2.24, 2.45) is 0 Å². The second kappa shape index (κ2) is 12.3. The maximum Gasteiger partial charge on any atom is 0.187 e. The third kappa shape index (κ3) is 5.95. The van der Waals surface area contributed by atoms with Gasteiger partial charge in [-0.2, -0.15) is 0 Å². The van der Waals surface area contributed by atoms with Gasteiger partial charge >= 0.3 is 0 Å². The van der Waals surface area contributed by atoms with Crippen molar-refractivity contribution in [3.63, 3.8) is 0 Å². The fourth-order valence-electron chi connectivity index (χ4n) is 4.41. The van der Waals surface area contributed by atoms with Gasteiger partial charge in [-0.25, -0.2) is 0 Å². The molecule has 0 radical (unpaired) electrons. The molecule has 3 heterocycles. The average Bonchev–Trinajstić information content (AvgIpc) is 2.84. The van der Waals surface area contributed by atoms with Crippen molar-refractivity contribution in [3.05, 3.63) is 0 Å². The van der Waals surface area contributed by atoms with Crippen molar-refractivity contribution in [1.82, 2.24) is 0 Å². The fourth-order valence-corrected chi connectivity index (χ4v) is 4.41. The van der Waals surface area contributed by atoms with Crippen LogP contribution in [0.15, 0.2) is 0 Å². The molecule has 3 fully saturated rings. The summed E-state index contributed by atoms with van der Waals surface area (Å²) in [7, 11) is 1.33. The minimum Gasteiger partial charge on any atom is -0.394 e. The van der Waals surface area contributed by atoms with Crippen LogP contribution in [0.1, 0.15) is 6.92 Å². The molecule has 3 saturated heterocycles. The van der Waals surface area contributed by atoms with E-state index in [4.69, 9.17) is 28.4 Å². The van der Waals surface area contributed by atoms with Gasteiger partial charge < -0.3 is 74.4 Å². The first-order valence-corrected chi connectivity index (χ1v) is 11.3. The average molecular weight is 516 g/mol. The van der Waals surface area contributed by atoms with Gasteiger partial charge in [0.05, 0.1) is 25.9 Å². The van der Waals surface area contributed by atoms with Gasteiger partial charge in [-0.3, -0.25) is 0 Å². The van der Waals surface area contributed by atoms with E-state index in [9.17, 15) is 46.0 Å². The molecule has 15 heteroatoms. The minimum absolute atomic E-state index is 0.154. The molecule has 3 aliphatic heterocycles. The third-order valence-corrected chi connectivity index (χ3v) is 6.51. The summed E-state index contributed by atoms with van der Waals surface area (Å²) in [6.45, 7) is -0.0104. The quantitative estimate of drug-likeness (QED) is 0.146. The van der Waals surface area contributed by atoms with Crippen LogP contribution in [-0.4, -0.2) is 165 Å². The van der Waals surface area contributed by atoms with Crippen LogP contribution in [0.5, 0.6) is 0 Å². The molecule has 0 aromatic heterocycles. The lowest BCUT2D eigenvalue weighted by Crippen LogP contribution is -2.66. The number of hydrogen-bond donors (Lipinski definition) is 9. The van der Waals surface area contributed by atoms with Gasteiger partial charge in [0.2, 0.25) is 0 Å². The van der Waals surface area contributed by atoms with E-state index in [0.717, 1.165) is 0 Å². The van der Waals surface area contributed by atoms with Crippen molar-refractivity contribution in [2.45, 2.75) is 98.9 Å². The van der Waals surface area contributed by atoms with E-state index in [1.54, 1.807) is 0 Å². The molecule has 15 atom stereocenters. The van der Waals surface area contributed by atoms with Crippen molar-refractivity contribution in [3.8, 4) is 0 Å². The predicted octanol–water partition coefficient (Wildman–Crippen LogP) is -5.85. The van der Waals surface area contributed by atoms with E-state index in [1.807, 2.05) is 0 Å². The Kier molecular flexibility index (Phi) is 10.2. The molecule has 3 rings (SSSR count). The molecule has 9 N–H and O–H groups in total. The number of rotatable bonds is 8. The summed E-state index contributed by atoms with van der Waals surface area (Å²) >= 11 is 0. The summed E-state index contributed by atoms with van der Waals surface area (Å²) in [6, 6.07) is 0. The molecule has 35 heavy (non-hydrogen) atoms. The number of aliphatic hydroxyl groups excluding tert-OH is 9. The lowest BCUT2D eigenvalue weighted by molar-refractivity contribution is -0.372. The van der Waals surface area contributed by atoms with E-state index in [2.05, 4.69) is 0 Å². The Bertz CT molecular complexity index is 652. The molecule has 206 valence electrons. The molecule has 0 aromatic carbocycles. The Morgan fingerprint density at radius 1 is 0.571 bits per heavy atom. The summed E-state index contributed by atoms with van der Waals surface area (Å²) in [5, 5.41) is 91.6. The highest BCUT2D eigenvalue weighted by Gasteiger charge is 2.53. The second-order valence-electron chi connectivity index (χ2n) is 8.92. The van der Waals surface area contributed by atoms with Gasteiger partial charge in [0.15, 0.2) is 12.6 Å². The molecule has 0 spiro atoms. The van der Waals surface area contributed by atoms with Gasteiger partial charge in [-0.15, -0.1) is 0 Å². The Morgan fingerprint density at radius 3 is 1.54 bits per heavy atom. The first kappa shape index (κ1) is 29.0. The molecular weight excluding hydrogens is 480 g/mol. The van der Waals surface area contributed by atoms with Crippen molar-refractivity contribution in [1.29, 1.82) is 0 Å². The fraction of sp³-hybridized carbons (Fsp3) is 1.00. The van der Waals surface area contributed by atoms with E-state index < -0.39 is 105 Å². The summed E-state index contributed by atoms with van der Waals surface area (Å²) in [5.74, 6) is 0. The zero-order valence-electron chi connectivity index (χ0n) is 19.3. The molecule has 15 nitrogen and oxygen atoms in total. The third-order valence-electron chi connectivity index (χ3n) is 6.51. The van der Waals surface area contributed by atoms with E-state index in [0.29, 0.717) is 0 Å². The second-order valence-corrected chi connectivity index (χ2v) is 8.92. The number of hydrogen-bond acceptors (Lipinski definition) is 15. The molecule has 3 aliphatic rings. The van der Waals surface area contributed by atoms with Crippen LogP contribution in [0, 0.1) is 0 Å². The van der Waals surface area contributed by atoms with Crippen LogP contribution in [0.2, 0.25) is 0 Å². The monoisotopic (exact) mass is 516 g/mol. The maximum absolute atomic E-state index is 10.7. The Morgan fingerprint density at radius 2 is 1.03 bits per heavy atom. The number of ether oxygens (including phenoxy) is 6. The molecule has 0 aliphatic carbocycles. The Hall–Kier alpha value is -0.600. The first-order chi connectivity index (χ1) is 16.5. The molecular formula is C20H36O15. The van der Waals surface area contributed by atoms with Gasteiger partial charge in [0.25, 0.3) is 0 Å². The Balaban J connectivity index is 1.72. The van der Waals surface area contributed by atoms with Crippen LogP contribution in [0.3, 0.4) is 0 Å². The van der Waals surface area contributed by atoms with Crippen molar-refractivity contribution in [2.75, 3.05) is 26.9 Å². The number of methoxy groups -OCH3 is 1. The van der Waals surface area contributed by atoms with E-state index in [1.165, 1.54) is 14.0 Å². The summed E-state index contributed by atoms with van der Waals surface area (Å²) in [4.78, 5) is 0. The van der Waals surface area contributed by atoms with Crippen molar-refractivity contribution < 1.29 is 74.4 Å². The smallest absolute Gasteiger partial charge is 0.187 e.